The third-order valence-electron chi connectivity index (χ3n) is 4.28. The van der Waals surface area contributed by atoms with Gasteiger partial charge in [-0.2, -0.15) is 0 Å². The molecule has 2 N–H and O–H groups in total. The Kier molecular flexibility index (Phi) is 5.14. The summed E-state index contributed by atoms with van der Waals surface area (Å²) in [6, 6.07) is 14.2. The average molecular weight is 408 g/mol. The van der Waals surface area contributed by atoms with Crippen LogP contribution in [-0.4, -0.2) is 26.5 Å². The van der Waals surface area contributed by atoms with E-state index in [1.165, 1.54) is 6.07 Å². The molecule has 4 rings (SSSR count). The normalized spacial score (nSPS) is 10.9. The summed E-state index contributed by atoms with van der Waals surface area (Å²) in [6.45, 7) is 4.42. The summed E-state index contributed by atoms with van der Waals surface area (Å²) in [5, 5.41) is 4.51. The number of rotatable bonds is 5. The molecule has 0 unspecified atom stereocenters. The Morgan fingerprint density at radius 2 is 1.86 bits per heavy atom. The van der Waals surface area contributed by atoms with Crippen LogP contribution >= 0.6 is 11.6 Å². The molecule has 0 fully saturated rings. The number of nitrogens with one attached hydrogen (secondary N) is 2. The van der Waals surface area contributed by atoms with Crippen LogP contribution in [0.3, 0.4) is 0 Å². The second-order valence-corrected chi connectivity index (χ2v) is 6.79. The van der Waals surface area contributed by atoms with Crippen LogP contribution < -0.4 is 15.6 Å². The smallest absolute Gasteiger partial charge is 0.252 e. The molecule has 0 bridgehead atoms. The van der Waals surface area contributed by atoms with Gasteiger partial charge >= 0.3 is 0 Å². The SMILES string of the molecule is CCOc1ccc2nc(Nc3nc(-c4ccc(Cl)cc4)cc(=O)[nH]3)nc(C)c2c1. The number of H-pyrrole nitrogens is 1. The van der Waals surface area contributed by atoms with E-state index >= 15 is 0 Å². The lowest BCUT2D eigenvalue weighted by Crippen LogP contribution is -2.12. The second kappa shape index (κ2) is 7.89. The van der Waals surface area contributed by atoms with Gasteiger partial charge in [-0.1, -0.05) is 23.7 Å². The van der Waals surface area contributed by atoms with E-state index < -0.39 is 0 Å². The van der Waals surface area contributed by atoms with Gasteiger partial charge in [-0.3, -0.25) is 15.1 Å². The first kappa shape index (κ1) is 18.9. The largest absolute Gasteiger partial charge is 0.494 e. The van der Waals surface area contributed by atoms with E-state index in [1.807, 2.05) is 32.0 Å². The minimum absolute atomic E-state index is 0.257. The van der Waals surface area contributed by atoms with E-state index in [4.69, 9.17) is 16.3 Å². The number of halogens is 1. The lowest BCUT2D eigenvalue weighted by molar-refractivity contribution is 0.340. The van der Waals surface area contributed by atoms with Crippen LogP contribution in [0.4, 0.5) is 11.9 Å². The predicted octanol–water partition coefficient (Wildman–Crippen LogP) is 4.48. The van der Waals surface area contributed by atoms with Crippen molar-refractivity contribution in [3.8, 4) is 17.0 Å². The van der Waals surface area contributed by atoms with E-state index in [2.05, 4.69) is 25.3 Å². The topological polar surface area (TPSA) is 92.8 Å². The molecule has 0 saturated carbocycles. The van der Waals surface area contributed by atoms with Gasteiger partial charge in [0.1, 0.15) is 5.75 Å². The Morgan fingerprint density at radius 3 is 2.62 bits per heavy atom. The van der Waals surface area contributed by atoms with E-state index in [1.54, 1.807) is 24.3 Å². The first-order chi connectivity index (χ1) is 14.0. The van der Waals surface area contributed by atoms with Crippen molar-refractivity contribution in [2.75, 3.05) is 11.9 Å². The monoisotopic (exact) mass is 407 g/mol. The molecule has 7 nitrogen and oxygen atoms in total. The third kappa shape index (κ3) is 4.20. The predicted molar refractivity (Wildman–Crippen MR) is 114 cm³/mol. The van der Waals surface area contributed by atoms with Gasteiger partial charge in [-0.05, 0) is 44.2 Å². The molecule has 0 aliphatic rings. The molecule has 0 amide bonds. The van der Waals surface area contributed by atoms with E-state index in [-0.39, 0.29) is 11.5 Å². The van der Waals surface area contributed by atoms with Crippen molar-refractivity contribution in [3.63, 3.8) is 0 Å². The zero-order valence-electron chi connectivity index (χ0n) is 15.9. The number of benzene rings is 2. The molecule has 146 valence electrons. The Bertz CT molecular complexity index is 1240. The number of aryl methyl sites for hydroxylation is 1. The van der Waals surface area contributed by atoms with Crippen LogP contribution in [0.15, 0.2) is 53.3 Å². The minimum Gasteiger partial charge on any atom is -0.494 e. The zero-order chi connectivity index (χ0) is 20.4. The summed E-state index contributed by atoms with van der Waals surface area (Å²) in [5.74, 6) is 1.37. The Labute approximate surface area is 171 Å². The first-order valence-electron chi connectivity index (χ1n) is 9.07. The number of nitrogens with zero attached hydrogens (tertiary/aromatic N) is 3. The van der Waals surface area contributed by atoms with Crippen molar-refractivity contribution in [2.24, 2.45) is 0 Å². The van der Waals surface area contributed by atoms with Crippen LogP contribution in [0.5, 0.6) is 5.75 Å². The molecule has 0 saturated heterocycles. The number of hydrogen-bond donors (Lipinski definition) is 2. The van der Waals surface area contributed by atoms with Gasteiger partial charge in [0.15, 0.2) is 0 Å². The maximum Gasteiger partial charge on any atom is 0.252 e. The van der Waals surface area contributed by atoms with Gasteiger partial charge in [0.05, 0.1) is 23.5 Å². The molecule has 0 atom stereocenters. The van der Waals surface area contributed by atoms with Crippen molar-refractivity contribution >= 4 is 34.4 Å². The molecule has 29 heavy (non-hydrogen) atoms. The van der Waals surface area contributed by atoms with Gasteiger partial charge in [0.2, 0.25) is 11.9 Å². The molecule has 2 aromatic heterocycles. The quantitative estimate of drug-likeness (QED) is 0.506. The molecule has 8 heteroatoms. The molecule has 0 spiro atoms. The van der Waals surface area contributed by atoms with Crippen LogP contribution in [0.25, 0.3) is 22.2 Å². The summed E-state index contributed by atoms with van der Waals surface area (Å²) in [6.07, 6.45) is 0. The van der Waals surface area contributed by atoms with Crippen LogP contribution in [-0.2, 0) is 0 Å². The van der Waals surface area contributed by atoms with Gasteiger partial charge in [-0.15, -0.1) is 0 Å². The number of aromatic amines is 1. The second-order valence-electron chi connectivity index (χ2n) is 6.36. The molecule has 2 heterocycles. The zero-order valence-corrected chi connectivity index (χ0v) is 16.6. The van der Waals surface area contributed by atoms with Gasteiger partial charge in [-0.25, -0.2) is 15.0 Å². The number of ether oxygens (including phenoxy) is 1. The van der Waals surface area contributed by atoms with Crippen LogP contribution in [0, 0.1) is 6.92 Å². The number of hydrogen-bond acceptors (Lipinski definition) is 6. The minimum atomic E-state index is -0.286. The highest BCUT2D eigenvalue weighted by Crippen LogP contribution is 2.24. The summed E-state index contributed by atoms with van der Waals surface area (Å²) in [7, 11) is 0. The van der Waals surface area contributed by atoms with Crippen molar-refractivity contribution in [1.29, 1.82) is 0 Å². The molecular formula is C21H18ClN5O2. The highest BCUT2D eigenvalue weighted by Gasteiger charge is 2.09. The summed E-state index contributed by atoms with van der Waals surface area (Å²) < 4.78 is 5.54. The fourth-order valence-corrected chi connectivity index (χ4v) is 3.09. The van der Waals surface area contributed by atoms with Crippen LogP contribution in [0.2, 0.25) is 5.02 Å². The Morgan fingerprint density at radius 1 is 1.07 bits per heavy atom. The first-order valence-corrected chi connectivity index (χ1v) is 9.45. The maximum atomic E-state index is 12.1. The number of fused-ring (bicyclic) bond motifs is 1. The summed E-state index contributed by atoms with van der Waals surface area (Å²) in [4.78, 5) is 28.2. The van der Waals surface area contributed by atoms with E-state index in [0.29, 0.717) is 23.3 Å². The van der Waals surface area contributed by atoms with E-state index in [0.717, 1.165) is 27.9 Å². The third-order valence-corrected chi connectivity index (χ3v) is 4.53. The van der Waals surface area contributed by atoms with E-state index in [9.17, 15) is 4.79 Å². The highest BCUT2D eigenvalue weighted by atomic mass is 35.5. The maximum absolute atomic E-state index is 12.1. The lowest BCUT2D eigenvalue weighted by atomic mass is 10.1. The highest BCUT2D eigenvalue weighted by molar-refractivity contribution is 6.30. The number of aromatic nitrogens is 4. The Hall–Kier alpha value is -3.45. The molecule has 0 aliphatic carbocycles. The van der Waals surface area contributed by atoms with Crippen molar-refractivity contribution in [2.45, 2.75) is 13.8 Å². The lowest BCUT2D eigenvalue weighted by Gasteiger charge is -2.10. The van der Waals surface area contributed by atoms with Gasteiger partial charge in [0.25, 0.3) is 5.56 Å². The Balaban J connectivity index is 1.68. The van der Waals surface area contributed by atoms with Crippen molar-refractivity contribution in [1.82, 2.24) is 19.9 Å². The van der Waals surface area contributed by atoms with Crippen molar-refractivity contribution in [3.05, 3.63) is 69.6 Å². The summed E-state index contributed by atoms with van der Waals surface area (Å²) >= 11 is 5.93. The standard InChI is InChI=1S/C21H18ClN5O2/c1-3-29-15-8-9-17-16(10-15)12(2)23-20(24-17)27-21-25-18(11-19(28)26-21)13-4-6-14(22)7-5-13/h4-11H,3H2,1-2H3,(H2,23,24,25,26,27,28). The van der Waals surface area contributed by atoms with Gasteiger partial charge in [0, 0.05) is 22.0 Å². The summed E-state index contributed by atoms with van der Waals surface area (Å²) in [5.41, 5.74) is 2.57. The number of anilines is 2. The fraction of sp³-hybridized carbons (Fsp3) is 0.143. The molecule has 0 radical (unpaired) electrons. The van der Waals surface area contributed by atoms with Gasteiger partial charge < -0.3 is 4.74 Å². The molecule has 2 aromatic carbocycles. The van der Waals surface area contributed by atoms with Crippen LogP contribution in [0.1, 0.15) is 12.6 Å². The fourth-order valence-electron chi connectivity index (χ4n) is 2.96. The molecule has 0 aliphatic heterocycles. The molecular weight excluding hydrogens is 390 g/mol. The average Bonchev–Trinajstić information content (AvgIpc) is 2.69. The molecule has 4 aromatic rings. The van der Waals surface area contributed by atoms with Crippen molar-refractivity contribution < 1.29 is 4.74 Å².